The minimum atomic E-state index is -0.247. The largest absolute Gasteiger partial charge is 0.497 e. The van der Waals surface area contributed by atoms with Crippen molar-refractivity contribution in [2.45, 2.75) is 25.8 Å². The van der Waals surface area contributed by atoms with Gasteiger partial charge in [0.25, 0.3) is 5.91 Å². The molecule has 32 heavy (non-hydrogen) atoms. The van der Waals surface area contributed by atoms with Crippen molar-refractivity contribution in [3.63, 3.8) is 0 Å². The van der Waals surface area contributed by atoms with Gasteiger partial charge in [-0.25, -0.2) is 0 Å². The van der Waals surface area contributed by atoms with Crippen LogP contribution >= 0.6 is 0 Å². The molecule has 0 radical (unpaired) electrons. The number of likely N-dealkylation sites (tertiary alicyclic amines) is 1. The molecule has 1 aliphatic heterocycles. The van der Waals surface area contributed by atoms with Crippen LogP contribution in [0.4, 0.5) is 0 Å². The molecule has 2 aromatic carbocycles. The molecule has 0 unspecified atom stereocenters. The second kappa shape index (κ2) is 10.3. The number of nitrogens with one attached hydrogen (secondary N) is 1. The maximum atomic E-state index is 12.8. The van der Waals surface area contributed by atoms with Gasteiger partial charge in [0.2, 0.25) is 0 Å². The van der Waals surface area contributed by atoms with Crippen LogP contribution in [-0.4, -0.2) is 49.3 Å². The number of methoxy groups -OCH3 is 1. The van der Waals surface area contributed by atoms with Gasteiger partial charge in [0, 0.05) is 18.2 Å². The molecule has 0 aliphatic carbocycles. The molecule has 168 valence electrons. The summed E-state index contributed by atoms with van der Waals surface area (Å²) in [4.78, 5) is 15.2. The maximum Gasteiger partial charge on any atom is 0.273 e. The number of carbonyl (C=O) groups excluding carboxylic acids is 1. The van der Waals surface area contributed by atoms with Gasteiger partial charge < -0.3 is 19.3 Å². The van der Waals surface area contributed by atoms with Crippen molar-refractivity contribution in [3.05, 3.63) is 65.9 Å². The summed E-state index contributed by atoms with van der Waals surface area (Å²) in [5.74, 6) is 1.91. The molecule has 1 aliphatic rings. The smallest absolute Gasteiger partial charge is 0.273 e. The lowest BCUT2D eigenvalue weighted by Crippen LogP contribution is -2.36. The van der Waals surface area contributed by atoms with Gasteiger partial charge in [-0.2, -0.15) is 0 Å². The van der Waals surface area contributed by atoms with E-state index in [1.165, 1.54) is 12.8 Å². The number of amides is 1. The van der Waals surface area contributed by atoms with Gasteiger partial charge in [0.15, 0.2) is 11.5 Å². The number of nitrogens with zero attached hydrogens (tertiary/aromatic N) is 2. The molecule has 1 N–H and O–H groups in total. The predicted octanol–water partition coefficient (Wildman–Crippen LogP) is 4.32. The summed E-state index contributed by atoms with van der Waals surface area (Å²) >= 11 is 0. The molecule has 1 saturated heterocycles. The first-order valence-electron chi connectivity index (χ1n) is 11.0. The number of ether oxygens (including phenoxy) is 2. The minimum Gasteiger partial charge on any atom is -0.497 e. The second-order valence-corrected chi connectivity index (χ2v) is 7.78. The summed E-state index contributed by atoms with van der Waals surface area (Å²) in [5, 5.41) is 7.01. The SMILES string of the molecule is CCOc1ccc([C@H](CNC(=O)c2cc(-c3ccc(OC)cc3)on2)N2CCCC2)cc1. The van der Waals surface area contributed by atoms with E-state index < -0.39 is 0 Å². The summed E-state index contributed by atoms with van der Waals surface area (Å²) in [6.07, 6.45) is 2.35. The molecule has 0 saturated carbocycles. The first-order chi connectivity index (χ1) is 15.7. The lowest BCUT2D eigenvalue weighted by Gasteiger charge is -2.28. The summed E-state index contributed by atoms with van der Waals surface area (Å²) in [6, 6.07) is 17.3. The number of carbonyl (C=O) groups is 1. The fraction of sp³-hybridized carbons (Fsp3) is 0.360. The maximum absolute atomic E-state index is 12.8. The molecule has 0 spiro atoms. The molecule has 1 amide bonds. The van der Waals surface area contributed by atoms with Crippen LogP contribution in [0.2, 0.25) is 0 Å². The van der Waals surface area contributed by atoms with E-state index in [4.69, 9.17) is 14.0 Å². The monoisotopic (exact) mass is 435 g/mol. The molecule has 0 bridgehead atoms. The van der Waals surface area contributed by atoms with Crippen molar-refractivity contribution in [3.8, 4) is 22.8 Å². The Morgan fingerprint density at radius 3 is 2.44 bits per heavy atom. The fourth-order valence-corrected chi connectivity index (χ4v) is 4.02. The van der Waals surface area contributed by atoms with Crippen LogP contribution in [0.1, 0.15) is 41.9 Å². The lowest BCUT2D eigenvalue weighted by atomic mass is 10.1. The van der Waals surface area contributed by atoms with E-state index >= 15 is 0 Å². The van der Waals surface area contributed by atoms with E-state index in [-0.39, 0.29) is 17.6 Å². The van der Waals surface area contributed by atoms with Crippen molar-refractivity contribution in [2.24, 2.45) is 0 Å². The highest BCUT2D eigenvalue weighted by molar-refractivity contribution is 5.93. The molecule has 1 fully saturated rings. The Kier molecular flexibility index (Phi) is 7.07. The summed E-state index contributed by atoms with van der Waals surface area (Å²) < 4.78 is 16.1. The third-order valence-electron chi connectivity index (χ3n) is 5.73. The van der Waals surface area contributed by atoms with E-state index in [9.17, 15) is 4.79 Å². The molecular formula is C25H29N3O4. The van der Waals surface area contributed by atoms with E-state index in [2.05, 4.69) is 27.5 Å². The third kappa shape index (κ3) is 5.11. The number of rotatable bonds is 9. The molecule has 1 atom stereocenters. The van der Waals surface area contributed by atoms with E-state index in [0.29, 0.717) is 18.9 Å². The first-order valence-corrected chi connectivity index (χ1v) is 11.0. The van der Waals surface area contributed by atoms with Crippen LogP contribution in [-0.2, 0) is 0 Å². The second-order valence-electron chi connectivity index (χ2n) is 7.78. The van der Waals surface area contributed by atoms with Gasteiger partial charge in [0.05, 0.1) is 19.8 Å². The Hall–Kier alpha value is -3.32. The standard InChI is InChI=1S/C25H29N3O4/c1-3-31-21-12-6-18(7-13-21)23(28-14-4-5-15-28)17-26-25(29)22-16-24(32-27-22)19-8-10-20(30-2)11-9-19/h6-13,16,23H,3-5,14-15,17H2,1-2H3,(H,26,29)/t23-/m0/s1. The van der Waals surface area contributed by atoms with Crippen LogP contribution < -0.4 is 14.8 Å². The normalized spacial score (nSPS) is 14.8. The van der Waals surface area contributed by atoms with Gasteiger partial charge >= 0.3 is 0 Å². The van der Waals surface area contributed by atoms with Crippen molar-refractivity contribution >= 4 is 5.91 Å². The Labute approximate surface area is 188 Å². The molecule has 2 heterocycles. The zero-order valence-electron chi connectivity index (χ0n) is 18.5. The Morgan fingerprint density at radius 2 is 1.78 bits per heavy atom. The zero-order valence-corrected chi connectivity index (χ0v) is 18.5. The number of aromatic nitrogens is 1. The Balaban J connectivity index is 1.43. The molecule has 1 aromatic heterocycles. The lowest BCUT2D eigenvalue weighted by molar-refractivity contribution is 0.0929. The molecule has 7 nitrogen and oxygen atoms in total. The van der Waals surface area contributed by atoms with Crippen molar-refractivity contribution < 1.29 is 18.8 Å². The predicted molar refractivity (Wildman–Crippen MR) is 122 cm³/mol. The van der Waals surface area contributed by atoms with Gasteiger partial charge in [-0.3, -0.25) is 9.69 Å². The van der Waals surface area contributed by atoms with Gasteiger partial charge in [-0.15, -0.1) is 0 Å². The quantitative estimate of drug-likeness (QED) is 0.540. The van der Waals surface area contributed by atoms with E-state index in [1.54, 1.807) is 13.2 Å². The minimum absolute atomic E-state index is 0.102. The van der Waals surface area contributed by atoms with Gasteiger partial charge in [-0.05, 0) is 74.8 Å². The summed E-state index contributed by atoms with van der Waals surface area (Å²) in [5.41, 5.74) is 2.26. The van der Waals surface area contributed by atoms with Gasteiger partial charge in [-0.1, -0.05) is 17.3 Å². The fourth-order valence-electron chi connectivity index (χ4n) is 4.02. The average molecular weight is 436 g/mol. The molecule has 7 heteroatoms. The van der Waals surface area contributed by atoms with Crippen LogP contribution in [0.25, 0.3) is 11.3 Å². The first kappa shape index (κ1) is 21.9. The molecule has 3 aromatic rings. The number of hydrogen-bond donors (Lipinski definition) is 1. The third-order valence-corrected chi connectivity index (χ3v) is 5.73. The van der Waals surface area contributed by atoms with E-state index in [0.717, 1.165) is 35.7 Å². The topological polar surface area (TPSA) is 76.8 Å². The highest BCUT2D eigenvalue weighted by atomic mass is 16.5. The highest BCUT2D eigenvalue weighted by Crippen LogP contribution is 2.27. The summed E-state index contributed by atoms with van der Waals surface area (Å²) in [7, 11) is 1.62. The summed E-state index contributed by atoms with van der Waals surface area (Å²) in [6.45, 7) is 5.16. The molecule has 4 rings (SSSR count). The number of benzene rings is 2. The van der Waals surface area contributed by atoms with Crippen molar-refractivity contribution in [2.75, 3.05) is 33.4 Å². The molecular weight excluding hydrogens is 406 g/mol. The zero-order chi connectivity index (χ0) is 22.3. The number of hydrogen-bond acceptors (Lipinski definition) is 6. The average Bonchev–Trinajstić information content (AvgIpc) is 3.53. The van der Waals surface area contributed by atoms with Gasteiger partial charge in [0.1, 0.15) is 11.5 Å². The van der Waals surface area contributed by atoms with Crippen LogP contribution in [0.3, 0.4) is 0 Å². The van der Waals surface area contributed by atoms with Crippen LogP contribution in [0, 0.1) is 0 Å². The van der Waals surface area contributed by atoms with E-state index in [1.807, 2.05) is 43.3 Å². The van der Waals surface area contributed by atoms with Crippen molar-refractivity contribution in [1.82, 2.24) is 15.4 Å². The van der Waals surface area contributed by atoms with Crippen LogP contribution in [0.5, 0.6) is 11.5 Å². The van der Waals surface area contributed by atoms with Crippen LogP contribution in [0.15, 0.2) is 59.1 Å². The Morgan fingerprint density at radius 1 is 1.09 bits per heavy atom. The van der Waals surface area contributed by atoms with Crippen molar-refractivity contribution in [1.29, 1.82) is 0 Å². The highest BCUT2D eigenvalue weighted by Gasteiger charge is 2.25. The Bertz CT molecular complexity index is 1010.